The van der Waals surface area contributed by atoms with Gasteiger partial charge >= 0.3 is 0 Å². The van der Waals surface area contributed by atoms with Crippen LogP contribution in [0.1, 0.15) is 19.4 Å². The topological polar surface area (TPSA) is 20.2 Å². The van der Waals surface area contributed by atoms with Gasteiger partial charge < -0.3 is 5.11 Å². The molecule has 14 heavy (non-hydrogen) atoms. The van der Waals surface area contributed by atoms with Crippen molar-refractivity contribution in [3.8, 4) is 0 Å². The SMILES string of the molecule is CC(C)(CO)Cc1cc(Cl)ccc1F. The summed E-state index contributed by atoms with van der Waals surface area (Å²) in [6, 6.07) is 4.48. The minimum absolute atomic E-state index is 0.0267. The molecule has 1 nitrogen and oxygen atoms in total. The monoisotopic (exact) mass is 216 g/mol. The van der Waals surface area contributed by atoms with E-state index in [1.54, 1.807) is 6.07 Å². The summed E-state index contributed by atoms with van der Waals surface area (Å²) in [5.74, 6) is -0.268. The van der Waals surface area contributed by atoms with E-state index in [0.717, 1.165) is 0 Å². The summed E-state index contributed by atoms with van der Waals surface area (Å²) in [5, 5.41) is 9.58. The molecule has 1 aromatic carbocycles. The lowest BCUT2D eigenvalue weighted by Gasteiger charge is -2.21. The summed E-state index contributed by atoms with van der Waals surface area (Å²) in [6.45, 7) is 3.79. The van der Waals surface area contributed by atoms with Crippen molar-refractivity contribution < 1.29 is 9.50 Å². The van der Waals surface area contributed by atoms with Crippen molar-refractivity contribution in [2.45, 2.75) is 20.3 Å². The summed E-state index contributed by atoms with van der Waals surface area (Å²) in [6.07, 6.45) is 0.482. The maximum Gasteiger partial charge on any atom is 0.126 e. The molecule has 0 unspecified atom stereocenters. The van der Waals surface area contributed by atoms with Crippen LogP contribution >= 0.6 is 11.6 Å². The molecule has 0 fully saturated rings. The lowest BCUT2D eigenvalue weighted by Crippen LogP contribution is -2.20. The predicted octanol–water partition coefficient (Wildman–Crippen LogP) is 3.04. The molecule has 0 radical (unpaired) electrons. The molecule has 78 valence electrons. The quantitative estimate of drug-likeness (QED) is 0.824. The molecule has 0 aliphatic heterocycles. The van der Waals surface area contributed by atoms with E-state index in [1.807, 2.05) is 13.8 Å². The van der Waals surface area contributed by atoms with Crippen LogP contribution in [0.25, 0.3) is 0 Å². The molecular weight excluding hydrogens is 203 g/mol. The predicted molar refractivity (Wildman–Crippen MR) is 56.0 cm³/mol. The first-order valence-corrected chi connectivity index (χ1v) is 4.87. The Labute approximate surface area is 88.5 Å². The van der Waals surface area contributed by atoms with Crippen molar-refractivity contribution in [1.29, 1.82) is 0 Å². The van der Waals surface area contributed by atoms with Gasteiger partial charge in [-0.25, -0.2) is 4.39 Å². The van der Waals surface area contributed by atoms with E-state index in [2.05, 4.69) is 0 Å². The first kappa shape index (κ1) is 11.5. The number of aliphatic hydroxyl groups is 1. The zero-order valence-electron chi connectivity index (χ0n) is 8.35. The number of halogens is 2. The van der Waals surface area contributed by atoms with Crippen LogP contribution in [0.4, 0.5) is 4.39 Å². The molecule has 3 heteroatoms. The van der Waals surface area contributed by atoms with Crippen LogP contribution in [-0.2, 0) is 6.42 Å². The first-order valence-electron chi connectivity index (χ1n) is 4.49. The Morgan fingerprint density at radius 2 is 2.07 bits per heavy atom. The summed E-state index contributed by atoms with van der Waals surface area (Å²) < 4.78 is 13.3. The Kier molecular flexibility index (Phi) is 3.51. The average molecular weight is 217 g/mol. The molecular formula is C11H14ClFO. The van der Waals surface area contributed by atoms with Crippen molar-refractivity contribution in [2.24, 2.45) is 5.41 Å². The van der Waals surface area contributed by atoms with Gasteiger partial charge in [0.05, 0.1) is 0 Å². The second-order valence-corrected chi connectivity index (χ2v) is 4.67. The van der Waals surface area contributed by atoms with Gasteiger partial charge in [-0.05, 0) is 35.6 Å². The molecule has 0 saturated carbocycles. The Morgan fingerprint density at radius 3 is 2.64 bits per heavy atom. The van der Waals surface area contributed by atoms with Crippen LogP contribution in [0.2, 0.25) is 5.02 Å². The number of rotatable bonds is 3. The van der Waals surface area contributed by atoms with Crippen LogP contribution in [0.15, 0.2) is 18.2 Å². The maximum absolute atomic E-state index is 13.3. The summed E-state index contributed by atoms with van der Waals surface area (Å²) in [7, 11) is 0. The van der Waals surface area contributed by atoms with Gasteiger partial charge in [-0.15, -0.1) is 0 Å². The number of hydrogen-bond donors (Lipinski definition) is 1. The van der Waals surface area contributed by atoms with E-state index in [-0.39, 0.29) is 17.8 Å². The highest BCUT2D eigenvalue weighted by Gasteiger charge is 2.19. The minimum Gasteiger partial charge on any atom is -0.396 e. The maximum atomic E-state index is 13.3. The van der Waals surface area contributed by atoms with Gasteiger partial charge in [-0.1, -0.05) is 25.4 Å². The average Bonchev–Trinajstić information content (AvgIpc) is 2.11. The van der Waals surface area contributed by atoms with Crippen LogP contribution in [0.3, 0.4) is 0 Å². The normalized spacial score (nSPS) is 11.8. The Bertz CT molecular complexity index is 323. The first-order chi connectivity index (χ1) is 6.44. The highest BCUT2D eigenvalue weighted by molar-refractivity contribution is 6.30. The molecule has 0 aromatic heterocycles. The van der Waals surface area contributed by atoms with E-state index >= 15 is 0 Å². The number of benzene rings is 1. The standard InChI is InChI=1S/C11H14ClFO/c1-11(2,7-14)6-8-5-9(12)3-4-10(8)13/h3-5,14H,6-7H2,1-2H3. The fourth-order valence-corrected chi connectivity index (χ4v) is 1.44. The highest BCUT2D eigenvalue weighted by atomic mass is 35.5. The molecule has 0 heterocycles. The van der Waals surface area contributed by atoms with Gasteiger partial charge in [0, 0.05) is 11.6 Å². The Balaban J connectivity index is 2.91. The van der Waals surface area contributed by atoms with Crippen molar-refractivity contribution in [3.63, 3.8) is 0 Å². The fraction of sp³-hybridized carbons (Fsp3) is 0.455. The van der Waals surface area contributed by atoms with E-state index in [4.69, 9.17) is 16.7 Å². The van der Waals surface area contributed by atoms with E-state index in [9.17, 15) is 4.39 Å². The molecule has 1 aromatic rings. The summed E-state index contributed by atoms with van der Waals surface area (Å²) in [4.78, 5) is 0. The van der Waals surface area contributed by atoms with Gasteiger partial charge in [0.15, 0.2) is 0 Å². The summed E-state index contributed by atoms with van der Waals surface area (Å²) >= 11 is 5.76. The minimum atomic E-state index is -0.314. The van der Waals surface area contributed by atoms with Crippen molar-refractivity contribution in [1.82, 2.24) is 0 Å². The summed E-state index contributed by atoms with van der Waals surface area (Å²) in [5.41, 5.74) is 0.238. The smallest absolute Gasteiger partial charge is 0.126 e. The molecule has 0 spiro atoms. The third kappa shape index (κ3) is 2.96. The van der Waals surface area contributed by atoms with Gasteiger partial charge in [0.1, 0.15) is 5.82 Å². The van der Waals surface area contributed by atoms with Gasteiger partial charge in [0.25, 0.3) is 0 Å². The lowest BCUT2D eigenvalue weighted by atomic mass is 9.86. The third-order valence-corrected chi connectivity index (χ3v) is 2.34. The molecule has 0 atom stereocenters. The molecule has 0 bridgehead atoms. The molecule has 0 saturated heterocycles. The second-order valence-electron chi connectivity index (χ2n) is 4.23. The number of aliphatic hydroxyl groups excluding tert-OH is 1. The lowest BCUT2D eigenvalue weighted by molar-refractivity contribution is 0.158. The van der Waals surface area contributed by atoms with Gasteiger partial charge in [-0.3, -0.25) is 0 Å². The second kappa shape index (κ2) is 4.28. The van der Waals surface area contributed by atoms with Gasteiger partial charge in [-0.2, -0.15) is 0 Å². The highest BCUT2D eigenvalue weighted by Crippen LogP contribution is 2.24. The van der Waals surface area contributed by atoms with E-state index in [1.165, 1.54) is 12.1 Å². The molecule has 1 rings (SSSR count). The van der Waals surface area contributed by atoms with Crippen LogP contribution < -0.4 is 0 Å². The Hall–Kier alpha value is -0.600. The zero-order chi connectivity index (χ0) is 10.8. The van der Waals surface area contributed by atoms with Crippen LogP contribution in [0, 0.1) is 11.2 Å². The molecule has 0 aliphatic carbocycles. The molecule has 0 aliphatic rings. The fourth-order valence-electron chi connectivity index (χ4n) is 1.25. The van der Waals surface area contributed by atoms with Crippen molar-refractivity contribution >= 4 is 11.6 Å². The number of hydrogen-bond acceptors (Lipinski definition) is 1. The Morgan fingerprint density at radius 1 is 1.43 bits per heavy atom. The van der Waals surface area contributed by atoms with E-state index in [0.29, 0.717) is 17.0 Å². The van der Waals surface area contributed by atoms with Crippen LogP contribution in [0.5, 0.6) is 0 Å². The molecule has 1 N–H and O–H groups in total. The van der Waals surface area contributed by atoms with E-state index < -0.39 is 0 Å². The third-order valence-electron chi connectivity index (χ3n) is 2.10. The van der Waals surface area contributed by atoms with Crippen LogP contribution in [-0.4, -0.2) is 11.7 Å². The molecule has 0 amide bonds. The zero-order valence-corrected chi connectivity index (χ0v) is 9.11. The van der Waals surface area contributed by atoms with Crippen molar-refractivity contribution in [3.05, 3.63) is 34.6 Å². The van der Waals surface area contributed by atoms with Crippen molar-refractivity contribution in [2.75, 3.05) is 6.61 Å². The largest absolute Gasteiger partial charge is 0.396 e. The van der Waals surface area contributed by atoms with Gasteiger partial charge in [0.2, 0.25) is 0 Å².